The van der Waals surface area contributed by atoms with Crippen LogP contribution in [-0.4, -0.2) is 4.57 Å². The van der Waals surface area contributed by atoms with Crippen LogP contribution in [0.3, 0.4) is 0 Å². The molecule has 0 N–H and O–H groups in total. The van der Waals surface area contributed by atoms with Crippen LogP contribution in [0.2, 0.25) is 0 Å². The Bertz CT molecular complexity index is 4290. The Kier molecular flexibility index (Phi) is 9.20. The maximum atomic E-state index is 2.54. The molecular weight excluding hydrogens is 917 g/mol. The minimum Gasteiger partial charge on any atom is -0.310 e. The number of hydrogen-bond donors (Lipinski definition) is 0. The van der Waals surface area contributed by atoms with Gasteiger partial charge in [-0.05, 0) is 138 Å². The quantitative estimate of drug-likeness (QED) is 0.155. The van der Waals surface area contributed by atoms with Gasteiger partial charge < -0.3 is 9.47 Å². The van der Waals surface area contributed by atoms with E-state index in [-0.39, 0.29) is 0 Å². The normalized spacial score (nSPS) is 13.7. The fraction of sp³-hybridized carbons (Fsp3) is 0.0270. The lowest BCUT2D eigenvalue weighted by molar-refractivity contribution is 0.768. The van der Waals surface area contributed by atoms with Gasteiger partial charge in [-0.2, -0.15) is 0 Å². The van der Waals surface area contributed by atoms with E-state index in [0.29, 0.717) is 0 Å². The van der Waals surface area contributed by atoms with E-state index in [1.165, 1.54) is 105 Å². The number of benzene rings is 12. The zero-order valence-corrected chi connectivity index (χ0v) is 41.6. The smallest absolute Gasteiger partial charge is 0.0726 e. The molecule has 2 heteroatoms. The van der Waals surface area contributed by atoms with E-state index in [0.717, 1.165) is 28.3 Å². The molecule has 1 aromatic heterocycles. The summed E-state index contributed by atoms with van der Waals surface area (Å²) in [5, 5.41) is 2.53. The highest BCUT2D eigenvalue weighted by Crippen LogP contribution is 2.64. The summed E-state index contributed by atoms with van der Waals surface area (Å²) in [6.07, 6.45) is 0. The first-order valence-electron chi connectivity index (χ1n) is 26.5. The first kappa shape index (κ1) is 42.7. The summed E-state index contributed by atoms with van der Waals surface area (Å²) in [4.78, 5) is 2.54. The maximum Gasteiger partial charge on any atom is 0.0726 e. The summed E-state index contributed by atoms with van der Waals surface area (Å²) in [7, 11) is 0. The fourth-order valence-electron chi connectivity index (χ4n) is 14.1. The molecule has 3 aliphatic rings. The third kappa shape index (κ3) is 5.76. The van der Waals surface area contributed by atoms with Crippen LogP contribution >= 0.6 is 0 Å². The minimum atomic E-state index is -0.549. The Morgan fingerprint density at radius 1 is 0.276 bits per heavy atom. The maximum absolute atomic E-state index is 2.54. The third-order valence-corrected chi connectivity index (χ3v) is 17.1. The molecule has 13 aromatic rings. The molecule has 1 heterocycles. The van der Waals surface area contributed by atoms with Crippen molar-refractivity contribution in [3.8, 4) is 50.2 Å². The summed E-state index contributed by atoms with van der Waals surface area (Å²) in [6.45, 7) is 0. The second-order valence-corrected chi connectivity index (χ2v) is 20.6. The van der Waals surface area contributed by atoms with Gasteiger partial charge in [-0.3, -0.25) is 0 Å². The summed E-state index contributed by atoms with van der Waals surface area (Å²) < 4.78 is 2.39. The monoisotopic (exact) mass is 964 g/mol. The van der Waals surface area contributed by atoms with Crippen molar-refractivity contribution in [3.63, 3.8) is 0 Å². The molecule has 0 saturated heterocycles. The van der Waals surface area contributed by atoms with Crippen molar-refractivity contribution in [1.29, 1.82) is 0 Å². The Morgan fingerprint density at radius 2 is 0.697 bits per heavy atom. The van der Waals surface area contributed by atoms with Gasteiger partial charge in [-0.1, -0.05) is 237 Å². The standard InChI is InChI=1S/C74H48N2/c1-3-20-51(21-4-1)73(52-22-5-2-6-23-52)66-33-16-10-29-62(66)72-67(73)34-19-37-71(72)75(53-42-38-49(39-43-53)50-40-44-54(45-41-50)76-69-35-17-11-27-60(69)61-28-12-18-36-70(61)76)55-46-47-59-58-26-9-15-32-65(58)74(68(59)48-55)63-30-13-7-24-56(63)57-25-8-14-31-64(57)74/h1-48H. The van der Waals surface area contributed by atoms with E-state index >= 15 is 0 Å². The molecule has 0 fully saturated rings. The van der Waals surface area contributed by atoms with Gasteiger partial charge in [0.05, 0.1) is 27.6 Å². The van der Waals surface area contributed by atoms with Gasteiger partial charge in [0.2, 0.25) is 0 Å². The van der Waals surface area contributed by atoms with Crippen molar-refractivity contribution in [2.75, 3.05) is 4.90 Å². The molecule has 0 amide bonds. The number of aromatic nitrogens is 1. The minimum absolute atomic E-state index is 0.489. The predicted molar refractivity (Wildman–Crippen MR) is 315 cm³/mol. The van der Waals surface area contributed by atoms with Gasteiger partial charge >= 0.3 is 0 Å². The molecule has 0 saturated carbocycles. The number of hydrogen-bond acceptors (Lipinski definition) is 1. The van der Waals surface area contributed by atoms with Crippen LogP contribution in [0.1, 0.15) is 44.5 Å². The van der Waals surface area contributed by atoms with E-state index < -0.39 is 10.8 Å². The SMILES string of the molecule is c1ccc(C2(c3ccccc3)c3ccccc3-c3c(N(c4ccc(-c5ccc(-n6c7ccccc7c7ccccc76)cc5)cc4)c4ccc5c(c4)C4(c6ccccc6-c6ccccc64)c4ccccc4-5)cccc32)cc1. The molecule has 0 atom stereocenters. The topological polar surface area (TPSA) is 8.17 Å². The number of anilines is 3. The largest absolute Gasteiger partial charge is 0.310 e. The van der Waals surface area contributed by atoms with Crippen LogP contribution in [-0.2, 0) is 10.8 Å². The van der Waals surface area contributed by atoms with E-state index in [1.54, 1.807) is 0 Å². The lowest BCUT2D eigenvalue weighted by Crippen LogP contribution is -2.28. The van der Waals surface area contributed by atoms with Crippen LogP contribution in [0, 0.1) is 0 Å². The summed E-state index contributed by atoms with van der Waals surface area (Å²) >= 11 is 0. The number of fused-ring (bicyclic) bond motifs is 16. The first-order valence-corrected chi connectivity index (χ1v) is 26.5. The molecule has 12 aromatic carbocycles. The van der Waals surface area contributed by atoms with Crippen molar-refractivity contribution < 1.29 is 0 Å². The number of nitrogens with zero attached hydrogens (tertiary/aromatic N) is 2. The molecule has 354 valence electrons. The highest BCUT2D eigenvalue weighted by molar-refractivity contribution is 6.09. The average molecular weight is 965 g/mol. The second kappa shape index (κ2) is 16.4. The fourth-order valence-corrected chi connectivity index (χ4v) is 14.1. The van der Waals surface area contributed by atoms with Crippen molar-refractivity contribution in [2.45, 2.75) is 10.8 Å². The van der Waals surface area contributed by atoms with E-state index in [2.05, 4.69) is 301 Å². The summed E-state index contributed by atoms with van der Waals surface area (Å²) in [5.74, 6) is 0. The molecule has 76 heavy (non-hydrogen) atoms. The second-order valence-electron chi connectivity index (χ2n) is 20.6. The molecule has 2 nitrogen and oxygen atoms in total. The van der Waals surface area contributed by atoms with Gasteiger partial charge in [-0.15, -0.1) is 0 Å². The van der Waals surface area contributed by atoms with Crippen molar-refractivity contribution in [3.05, 3.63) is 336 Å². The zero-order valence-electron chi connectivity index (χ0n) is 41.6. The summed E-state index contributed by atoms with van der Waals surface area (Å²) in [5.41, 5.74) is 26.3. The van der Waals surface area contributed by atoms with Crippen LogP contribution in [0.4, 0.5) is 17.1 Å². The molecule has 0 radical (unpaired) electrons. The Hall–Kier alpha value is -9.76. The average Bonchev–Trinajstić information content (AvgIpc) is 4.23. The van der Waals surface area contributed by atoms with Crippen molar-refractivity contribution in [2.24, 2.45) is 0 Å². The van der Waals surface area contributed by atoms with E-state index in [4.69, 9.17) is 0 Å². The zero-order chi connectivity index (χ0) is 50.0. The summed E-state index contributed by atoms with van der Waals surface area (Å²) in [6, 6.07) is 109. The molecule has 3 aliphatic carbocycles. The Balaban J connectivity index is 0.911. The lowest BCUT2D eigenvalue weighted by Gasteiger charge is -2.35. The molecule has 0 unspecified atom stereocenters. The predicted octanol–water partition coefficient (Wildman–Crippen LogP) is 18.6. The van der Waals surface area contributed by atoms with Crippen LogP contribution in [0.15, 0.2) is 291 Å². The Morgan fingerprint density at radius 3 is 1.25 bits per heavy atom. The Labute approximate surface area is 442 Å². The van der Waals surface area contributed by atoms with Gasteiger partial charge in [-0.25, -0.2) is 0 Å². The highest BCUT2D eigenvalue weighted by atomic mass is 15.1. The molecule has 16 rings (SSSR count). The van der Waals surface area contributed by atoms with Crippen molar-refractivity contribution >= 4 is 38.9 Å². The molecule has 0 bridgehead atoms. The molecule has 1 spiro atoms. The van der Waals surface area contributed by atoms with Crippen LogP contribution in [0.25, 0.3) is 72.0 Å². The van der Waals surface area contributed by atoms with Gasteiger partial charge in [0.15, 0.2) is 0 Å². The lowest BCUT2D eigenvalue weighted by atomic mass is 9.68. The molecular formula is C74H48N2. The van der Waals surface area contributed by atoms with Gasteiger partial charge in [0.1, 0.15) is 0 Å². The van der Waals surface area contributed by atoms with Crippen molar-refractivity contribution in [1.82, 2.24) is 4.57 Å². The molecule has 0 aliphatic heterocycles. The highest BCUT2D eigenvalue weighted by Gasteiger charge is 2.52. The van der Waals surface area contributed by atoms with Gasteiger partial charge in [0.25, 0.3) is 0 Å². The first-order chi connectivity index (χ1) is 37.7. The number of para-hydroxylation sites is 2. The van der Waals surface area contributed by atoms with Crippen LogP contribution < -0.4 is 4.90 Å². The number of rotatable bonds is 7. The third-order valence-electron chi connectivity index (χ3n) is 17.1. The van der Waals surface area contributed by atoms with Crippen LogP contribution in [0.5, 0.6) is 0 Å². The van der Waals surface area contributed by atoms with E-state index in [1.807, 2.05) is 0 Å². The van der Waals surface area contributed by atoms with Gasteiger partial charge in [0, 0.05) is 33.4 Å². The van der Waals surface area contributed by atoms with E-state index in [9.17, 15) is 0 Å².